The summed E-state index contributed by atoms with van der Waals surface area (Å²) in [4.78, 5) is 0.589. The number of benzene rings is 2. The quantitative estimate of drug-likeness (QED) is 0.426. The van der Waals surface area contributed by atoms with Crippen LogP contribution in [0.4, 0.5) is 0 Å². The molecule has 0 amide bonds. The van der Waals surface area contributed by atoms with Gasteiger partial charge in [-0.15, -0.1) is 0 Å². The number of sulfonamides is 1. The van der Waals surface area contributed by atoms with Crippen LogP contribution in [0.3, 0.4) is 0 Å². The summed E-state index contributed by atoms with van der Waals surface area (Å²) in [5.41, 5.74) is 1.88. The smallest absolute Gasteiger partial charge is 0.290 e. The molecule has 0 heterocycles. The Hall–Kier alpha value is -2.22. The van der Waals surface area contributed by atoms with Gasteiger partial charge in [0.05, 0.1) is 16.4 Å². The van der Waals surface area contributed by atoms with Crippen molar-refractivity contribution in [2.24, 2.45) is 3.77 Å². The molecule has 1 N–H and O–H groups in total. The number of aliphatic hydroxyl groups excluding tert-OH is 1. The summed E-state index contributed by atoms with van der Waals surface area (Å²) in [5.74, 6) is 0. The van der Waals surface area contributed by atoms with Gasteiger partial charge in [-0.05, 0) is 50.6 Å². The number of allylic oxidation sites excluding steroid dienone is 2. The van der Waals surface area contributed by atoms with Gasteiger partial charge < -0.3 is 5.11 Å². The van der Waals surface area contributed by atoms with Gasteiger partial charge in [-0.2, -0.15) is 8.42 Å². The molecule has 5 nitrogen and oxygen atoms in total. The zero-order chi connectivity index (χ0) is 22.2. The summed E-state index contributed by atoms with van der Waals surface area (Å²) in [5, 5.41) is 9.24. The highest BCUT2D eigenvalue weighted by molar-refractivity contribution is 8.05. The molecule has 0 saturated carbocycles. The number of nitrogens with zero attached hydrogens (tertiary/aromatic N) is 1. The van der Waals surface area contributed by atoms with Gasteiger partial charge in [-0.25, -0.2) is 4.21 Å². The Balaban J connectivity index is 2.77. The minimum Gasteiger partial charge on any atom is -0.392 e. The van der Waals surface area contributed by atoms with Gasteiger partial charge in [0.15, 0.2) is 0 Å². The maximum absolute atomic E-state index is 14.2. The first kappa shape index (κ1) is 24.1. The second-order valence-corrected chi connectivity index (χ2v) is 11.0. The molecular formula is C23H29NO4S2. The van der Waals surface area contributed by atoms with E-state index < -0.39 is 19.8 Å². The van der Waals surface area contributed by atoms with Crippen LogP contribution in [0, 0.1) is 13.8 Å². The van der Waals surface area contributed by atoms with Crippen LogP contribution in [0.1, 0.15) is 37.3 Å². The summed E-state index contributed by atoms with van der Waals surface area (Å²) in [6.07, 6.45) is 7.14. The molecule has 0 aliphatic heterocycles. The molecule has 0 bridgehead atoms. The van der Waals surface area contributed by atoms with Gasteiger partial charge in [-0.1, -0.05) is 71.1 Å². The monoisotopic (exact) mass is 447 g/mol. The van der Waals surface area contributed by atoms with Crippen molar-refractivity contribution < 1.29 is 17.7 Å². The lowest BCUT2D eigenvalue weighted by Gasteiger charge is -2.13. The van der Waals surface area contributed by atoms with Crippen LogP contribution in [-0.4, -0.2) is 24.3 Å². The van der Waals surface area contributed by atoms with E-state index in [1.807, 2.05) is 20.8 Å². The normalized spacial score (nSPS) is 14.6. The van der Waals surface area contributed by atoms with Crippen molar-refractivity contribution in [1.82, 2.24) is 0 Å². The lowest BCUT2D eigenvalue weighted by atomic mass is 10.2. The van der Waals surface area contributed by atoms with Crippen molar-refractivity contribution in [2.75, 3.05) is 6.61 Å². The summed E-state index contributed by atoms with van der Waals surface area (Å²) in [6, 6.07) is 13.1. The van der Waals surface area contributed by atoms with Crippen molar-refractivity contribution in [3.8, 4) is 0 Å². The molecule has 162 valence electrons. The van der Waals surface area contributed by atoms with Crippen LogP contribution < -0.4 is 0 Å². The molecular weight excluding hydrogens is 418 g/mol. The maximum Gasteiger partial charge on any atom is 0.290 e. The van der Waals surface area contributed by atoms with Crippen LogP contribution in [0.25, 0.3) is 0 Å². The number of aliphatic hydroxyl groups is 1. The predicted octanol–water partition coefficient (Wildman–Crippen LogP) is 5.14. The Bertz CT molecular complexity index is 1120. The van der Waals surface area contributed by atoms with Crippen LogP contribution in [0.15, 0.2) is 85.2 Å². The van der Waals surface area contributed by atoms with E-state index in [2.05, 4.69) is 3.77 Å². The molecule has 2 rings (SSSR count). The fraction of sp³-hybridized carbons (Fsp3) is 0.304. The van der Waals surface area contributed by atoms with Crippen molar-refractivity contribution in [3.63, 3.8) is 0 Å². The molecule has 0 spiro atoms. The highest BCUT2D eigenvalue weighted by Crippen LogP contribution is 2.28. The third-order valence-corrected chi connectivity index (χ3v) is 8.82. The Morgan fingerprint density at radius 3 is 1.97 bits per heavy atom. The van der Waals surface area contributed by atoms with E-state index in [9.17, 15) is 17.7 Å². The van der Waals surface area contributed by atoms with Gasteiger partial charge in [0.2, 0.25) is 0 Å². The number of unbranched alkanes of at least 4 members (excludes halogenated alkanes) is 2. The standard InChI is InChI=1S/C23H29NO4S2/c1-4-5-6-8-21(9-7-18-25)29(26,22-14-10-19(2)11-15-22)24-30(27,28)23-16-12-20(3)13-17-23/h7-17,25H,4-6,18H2,1-3H3/b9-7-,21-8-. The van der Waals surface area contributed by atoms with Crippen molar-refractivity contribution in [3.05, 3.63) is 82.8 Å². The van der Waals surface area contributed by atoms with Crippen molar-refractivity contribution >= 4 is 19.8 Å². The van der Waals surface area contributed by atoms with E-state index in [1.165, 1.54) is 24.3 Å². The molecule has 0 aromatic heterocycles. The molecule has 1 unspecified atom stereocenters. The fourth-order valence-electron chi connectivity index (χ4n) is 2.73. The fourth-order valence-corrected chi connectivity index (χ4v) is 6.75. The molecule has 0 saturated heterocycles. The van der Waals surface area contributed by atoms with E-state index in [4.69, 9.17) is 0 Å². The summed E-state index contributed by atoms with van der Waals surface area (Å²) in [7, 11) is -7.68. The number of rotatable bonds is 9. The molecule has 1 atom stereocenters. The lowest BCUT2D eigenvalue weighted by molar-refractivity contribution is 0.342. The predicted molar refractivity (Wildman–Crippen MR) is 122 cm³/mol. The summed E-state index contributed by atoms with van der Waals surface area (Å²) in [6.45, 7) is 5.55. The third-order valence-electron chi connectivity index (χ3n) is 4.47. The maximum atomic E-state index is 14.2. The Labute approximate surface area is 180 Å². The first-order valence-corrected chi connectivity index (χ1v) is 12.8. The minimum absolute atomic E-state index is 0.00742. The number of aryl methyl sites for hydroxylation is 2. The van der Waals surface area contributed by atoms with E-state index in [1.54, 1.807) is 42.5 Å². The molecule has 2 aromatic rings. The highest BCUT2D eigenvalue weighted by atomic mass is 32.3. The van der Waals surface area contributed by atoms with Gasteiger partial charge in [-0.3, -0.25) is 0 Å². The molecule has 30 heavy (non-hydrogen) atoms. The van der Waals surface area contributed by atoms with Gasteiger partial charge in [0, 0.05) is 4.91 Å². The molecule has 2 aromatic carbocycles. The van der Waals surface area contributed by atoms with E-state index in [-0.39, 0.29) is 16.4 Å². The minimum atomic E-state index is -4.18. The zero-order valence-corrected chi connectivity index (χ0v) is 19.2. The average molecular weight is 448 g/mol. The van der Waals surface area contributed by atoms with Crippen molar-refractivity contribution in [1.29, 1.82) is 0 Å². The van der Waals surface area contributed by atoms with E-state index in [0.29, 0.717) is 11.3 Å². The van der Waals surface area contributed by atoms with Gasteiger partial charge in [0.25, 0.3) is 10.0 Å². The van der Waals surface area contributed by atoms with Crippen LogP contribution in [0.5, 0.6) is 0 Å². The van der Waals surface area contributed by atoms with Crippen LogP contribution in [0.2, 0.25) is 0 Å². The Kier molecular flexibility index (Phi) is 8.58. The number of hydrogen-bond donors (Lipinski definition) is 1. The lowest BCUT2D eigenvalue weighted by Crippen LogP contribution is -2.09. The summed E-state index contributed by atoms with van der Waals surface area (Å²) >= 11 is 0. The second-order valence-electron chi connectivity index (χ2n) is 7.04. The SMILES string of the molecule is CCCC/C=C(/C=C\CO)S(=O)(=NS(=O)(=O)c1ccc(C)cc1)c1ccc(C)cc1. The number of hydrogen-bond acceptors (Lipinski definition) is 4. The van der Waals surface area contributed by atoms with E-state index in [0.717, 1.165) is 24.0 Å². The Morgan fingerprint density at radius 2 is 1.47 bits per heavy atom. The van der Waals surface area contributed by atoms with Crippen LogP contribution in [-0.2, 0) is 19.8 Å². The first-order valence-electron chi connectivity index (χ1n) is 9.87. The molecule has 0 aliphatic rings. The molecule has 0 aliphatic carbocycles. The highest BCUT2D eigenvalue weighted by Gasteiger charge is 2.23. The zero-order valence-electron chi connectivity index (χ0n) is 17.6. The third kappa shape index (κ3) is 6.14. The Morgan fingerprint density at radius 1 is 0.933 bits per heavy atom. The molecule has 0 fully saturated rings. The summed E-state index contributed by atoms with van der Waals surface area (Å²) < 4.78 is 44.3. The first-order chi connectivity index (χ1) is 14.2. The molecule has 7 heteroatoms. The average Bonchev–Trinajstić information content (AvgIpc) is 2.71. The van der Waals surface area contributed by atoms with Crippen LogP contribution >= 0.6 is 0 Å². The van der Waals surface area contributed by atoms with Gasteiger partial charge >= 0.3 is 0 Å². The van der Waals surface area contributed by atoms with Gasteiger partial charge in [0.1, 0.15) is 9.73 Å². The van der Waals surface area contributed by atoms with Crippen molar-refractivity contribution in [2.45, 2.75) is 49.8 Å². The second kappa shape index (κ2) is 10.7. The molecule has 0 radical (unpaired) electrons. The topological polar surface area (TPSA) is 83.8 Å². The van der Waals surface area contributed by atoms with E-state index >= 15 is 0 Å². The largest absolute Gasteiger partial charge is 0.392 e.